The highest BCUT2D eigenvalue weighted by atomic mass is 16.8. The molecule has 5 aliphatic heterocycles. The van der Waals surface area contributed by atoms with Crippen LogP contribution in [0.25, 0.3) is 0 Å². The molecule has 348 valence electrons. The smallest absolute Gasteiger partial charge is 0.335 e. The Morgan fingerprint density at radius 1 is 0.483 bits per heavy atom. The van der Waals surface area contributed by atoms with Gasteiger partial charge in [0.05, 0.1) is 26.4 Å². The second-order valence-electron chi connectivity index (χ2n) is 14.8. The van der Waals surface area contributed by atoms with Crippen LogP contribution >= 0.6 is 0 Å². The van der Waals surface area contributed by atoms with E-state index < -0.39 is 192 Å². The van der Waals surface area contributed by atoms with E-state index >= 15 is 0 Å². The summed E-state index contributed by atoms with van der Waals surface area (Å²) in [5, 5.41) is 169. The van der Waals surface area contributed by atoms with Crippen LogP contribution in [0.5, 0.6) is 0 Å². The van der Waals surface area contributed by atoms with Gasteiger partial charge in [-0.2, -0.15) is 0 Å². The summed E-state index contributed by atoms with van der Waals surface area (Å²) in [6.07, 6.45) is -46.4. The van der Waals surface area contributed by atoms with Crippen LogP contribution in [-0.4, -0.2) is 273 Å². The van der Waals surface area contributed by atoms with Gasteiger partial charge in [-0.3, -0.25) is 4.79 Å². The number of rotatable bonds is 14. The van der Waals surface area contributed by atoms with Crippen LogP contribution in [-0.2, 0) is 52.2 Å². The van der Waals surface area contributed by atoms with Gasteiger partial charge in [-0.1, -0.05) is 0 Å². The molecule has 1 amide bonds. The van der Waals surface area contributed by atoms with Crippen molar-refractivity contribution in [2.75, 3.05) is 26.4 Å². The highest BCUT2D eigenvalue weighted by Crippen LogP contribution is 2.34. The Labute approximate surface area is 338 Å². The van der Waals surface area contributed by atoms with Gasteiger partial charge in [-0.15, -0.1) is 0 Å². The Morgan fingerprint density at radius 3 is 1.53 bits per heavy atom. The molecule has 5 rings (SSSR count). The molecule has 0 aliphatic carbocycles. The summed E-state index contributed by atoms with van der Waals surface area (Å²) in [7, 11) is 0. The van der Waals surface area contributed by atoms with Crippen molar-refractivity contribution in [3.05, 3.63) is 0 Å². The third kappa shape index (κ3) is 10.2. The predicted molar refractivity (Wildman–Crippen MR) is 179 cm³/mol. The zero-order valence-corrected chi connectivity index (χ0v) is 31.4. The highest BCUT2D eigenvalue weighted by molar-refractivity contribution is 5.73. The summed E-state index contributed by atoms with van der Waals surface area (Å²) < 4.78 is 49.3. The number of amides is 1. The second kappa shape index (κ2) is 20.7. The first-order valence-electron chi connectivity index (χ1n) is 18.6. The summed E-state index contributed by atoms with van der Waals surface area (Å²) in [4.78, 5) is 23.4. The van der Waals surface area contributed by atoms with Crippen LogP contribution in [0.4, 0.5) is 0 Å². The van der Waals surface area contributed by atoms with E-state index in [1.54, 1.807) is 0 Å². The van der Waals surface area contributed by atoms with E-state index in [-0.39, 0.29) is 0 Å². The van der Waals surface area contributed by atoms with Crippen molar-refractivity contribution < 1.29 is 134 Å². The maximum absolute atomic E-state index is 11.9. The van der Waals surface area contributed by atoms with Crippen LogP contribution in [0.2, 0.25) is 0 Å². The van der Waals surface area contributed by atoms with Gasteiger partial charge in [0.15, 0.2) is 37.6 Å². The maximum atomic E-state index is 11.9. The Balaban J connectivity index is 1.29. The molecule has 28 heteroatoms. The van der Waals surface area contributed by atoms with Crippen molar-refractivity contribution in [2.24, 2.45) is 0 Å². The van der Waals surface area contributed by atoms with Crippen LogP contribution in [0, 0.1) is 0 Å². The third-order valence-electron chi connectivity index (χ3n) is 10.7. The van der Waals surface area contributed by atoms with Crippen molar-refractivity contribution in [1.82, 2.24) is 5.32 Å². The molecule has 0 unspecified atom stereocenters. The molecule has 0 saturated carbocycles. The van der Waals surface area contributed by atoms with Crippen molar-refractivity contribution in [3.63, 3.8) is 0 Å². The van der Waals surface area contributed by atoms with Gasteiger partial charge >= 0.3 is 5.97 Å². The van der Waals surface area contributed by atoms with E-state index in [2.05, 4.69) is 5.32 Å². The number of carbonyl (C=O) groups is 2. The van der Waals surface area contributed by atoms with E-state index in [0.29, 0.717) is 0 Å². The molecule has 0 radical (unpaired) electrons. The fourth-order valence-electron chi connectivity index (χ4n) is 7.29. The number of hydrogen-bond donors (Lipinski definition) is 17. The van der Waals surface area contributed by atoms with Gasteiger partial charge in [0.25, 0.3) is 0 Å². The molecule has 60 heavy (non-hydrogen) atoms. The van der Waals surface area contributed by atoms with Crippen LogP contribution in [0.3, 0.4) is 0 Å². The molecule has 5 saturated heterocycles. The average Bonchev–Trinajstić information content (AvgIpc) is 3.21. The predicted octanol–water partition coefficient (Wildman–Crippen LogP) is -11.7. The lowest BCUT2D eigenvalue weighted by atomic mass is 9.95. The van der Waals surface area contributed by atoms with Crippen molar-refractivity contribution in [3.8, 4) is 0 Å². The van der Waals surface area contributed by atoms with E-state index in [9.17, 15) is 91.3 Å². The molecule has 5 fully saturated rings. The third-order valence-corrected chi connectivity index (χ3v) is 10.7. The van der Waals surface area contributed by atoms with Gasteiger partial charge in [-0.25, -0.2) is 4.79 Å². The molecule has 5 aliphatic rings. The van der Waals surface area contributed by atoms with Crippen molar-refractivity contribution in [1.29, 1.82) is 0 Å². The number of aliphatic hydroxyl groups is 15. The lowest BCUT2D eigenvalue weighted by Crippen LogP contribution is -2.68. The standard InChI is InChI=1S/C32H53NO27/c1-6(37)33-11-24(14(40)8(3-35)53-28(11)51)58-32-26(17(43)12(38)7(2-34)54-32)60-30-20(46)15(41)13(39)10(56-30)5-52-29-22(48)19(45)23(9(4-36)55-29)57-31-21(47)16(42)18(44)25(59-31)27(49)50/h7-26,28-32,34-36,38-48,51H,2-5H2,1H3,(H,33,37)(H,49,50)/t7-,8-,9-,10-,11-,12-,13-,14+,15+,16+,17+,18+,19-,20+,21-,22-,23+,24-,25+,26+,28-,29-,30-,31-,32-/m1/s1. The summed E-state index contributed by atoms with van der Waals surface area (Å²) in [6.45, 7) is -2.58. The van der Waals surface area contributed by atoms with Gasteiger partial charge in [-0.05, 0) is 0 Å². The lowest BCUT2D eigenvalue weighted by Gasteiger charge is -2.49. The molecule has 0 spiro atoms. The first-order chi connectivity index (χ1) is 28.2. The largest absolute Gasteiger partial charge is 0.479 e. The van der Waals surface area contributed by atoms with Crippen LogP contribution in [0.1, 0.15) is 6.92 Å². The quantitative estimate of drug-likeness (QED) is 0.0770. The maximum Gasteiger partial charge on any atom is 0.335 e. The minimum atomic E-state index is -2.15. The van der Waals surface area contributed by atoms with Gasteiger partial charge in [0, 0.05) is 6.92 Å². The summed E-state index contributed by atoms with van der Waals surface area (Å²) in [6, 6.07) is -1.56. The summed E-state index contributed by atoms with van der Waals surface area (Å²) in [5.41, 5.74) is 0. The molecular weight excluding hydrogens is 830 g/mol. The number of aliphatic carboxylic acids is 1. The molecule has 5 heterocycles. The van der Waals surface area contributed by atoms with Gasteiger partial charge in [0.2, 0.25) is 5.91 Å². The van der Waals surface area contributed by atoms with Crippen molar-refractivity contribution >= 4 is 11.9 Å². The number of carbonyl (C=O) groups excluding carboxylic acids is 1. The fourth-order valence-corrected chi connectivity index (χ4v) is 7.29. The lowest BCUT2D eigenvalue weighted by molar-refractivity contribution is -0.386. The van der Waals surface area contributed by atoms with Crippen LogP contribution < -0.4 is 5.32 Å². The normalized spacial score (nSPS) is 50.2. The number of hydrogen-bond acceptors (Lipinski definition) is 26. The molecule has 0 aromatic carbocycles. The Morgan fingerprint density at radius 2 is 0.950 bits per heavy atom. The molecule has 28 nitrogen and oxygen atoms in total. The second-order valence-corrected chi connectivity index (χ2v) is 14.8. The SMILES string of the molecule is CC(=O)N[C@@H]1[C@@H](O[C@H]2O[C@H](CO)[C@@H](O)[C@H](O)[C@@H]2O[C@H]2O[C@H](CO[C@@H]3O[C@H](CO)[C@H](O[C@@H]4O[C@H](C(=O)O)[C@@H](O)[C@H](O)[C@H]4O)[C@H](O)[C@H]3O)[C@@H](O)[C@H](O)[C@@H]2O)[C@@H](O)[C@@H](CO)O[C@H]1O. The first-order valence-corrected chi connectivity index (χ1v) is 18.6. The molecule has 0 bridgehead atoms. The first kappa shape index (κ1) is 49.0. The highest BCUT2D eigenvalue weighted by Gasteiger charge is 2.56. The zero-order valence-electron chi connectivity index (χ0n) is 31.4. The summed E-state index contributed by atoms with van der Waals surface area (Å²) >= 11 is 0. The van der Waals surface area contributed by atoms with Gasteiger partial charge < -0.3 is 130 Å². The number of aliphatic hydroxyl groups excluding tert-OH is 15. The minimum Gasteiger partial charge on any atom is -0.479 e. The van der Waals surface area contributed by atoms with E-state index in [0.717, 1.165) is 6.92 Å². The number of nitrogens with one attached hydrogen (secondary N) is 1. The minimum absolute atomic E-state index is 0.737. The molecule has 0 aromatic rings. The van der Waals surface area contributed by atoms with Crippen LogP contribution in [0.15, 0.2) is 0 Å². The fraction of sp³-hybridized carbons (Fsp3) is 0.938. The Bertz CT molecular complexity index is 1400. The molecular formula is C32H53NO27. The Kier molecular flexibility index (Phi) is 16.9. The zero-order chi connectivity index (χ0) is 44.5. The number of carboxylic acids is 1. The topological polar surface area (TPSA) is 453 Å². The molecule has 25 atom stereocenters. The van der Waals surface area contributed by atoms with E-state index in [1.807, 2.05) is 0 Å². The number of carboxylic acid groups (broad SMARTS) is 1. The van der Waals surface area contributed by atoms with Crippen molar-refractivity contribution in [2.45, 2.75) is 160 Å². The summed E-state index contributed by atoms with van der Waals surface area (Å²) in [5.74, 6) is -2.49. The van der Waals surface area contributed by atoms with E-state index in [4.69, 9.17) is 42.6 Å². The van der Waals surface area contributed by atoms with E-state index in [1.165, 1.54) is 0 Å². The number of ether oxygens (including phenoxy) is 9. The Hall–Kier alpha value is -2.02. The average molecular weight is 884 g/mol. The molecule has 0 aromatic heterocycles. The monoisotopic (exact) mass is 883 g/mol. The molecule has 17 N–H and O–H groups in total. The van der Waals surface area contributed by atoms with Gasteiger partial charge in [0.1, 0.15) is 116 Å².